The predicted octanol–water partition coefficient (Wildman–Crippen LogP) is 3.22. The lowest BCUT2D eigenvalue weighted by Gasteiger charge is -2.06. The van der Waals surface area contributed by atoms with Gasteiger partial charge in [0, 0.05) is 18.3 Å². The highest BCUT2D eigenvalue weighted by molar-refractivity contribution is 5.69. The highest BCUT2D eigenvalue weighted by Crippen LogP contribution is 2.20. The number of nitrogens with two attached hydrogens (primary N) is 1. The smallest absolute Gasteiger partial charge is 0.407 e. The van der Waals surface area contributed by atoms with Crippen LogP contribution in [-0.4, -0.2) is 19.7 Å². The molecule has 3 N–H and O–H groups in total. The largest absolute Gasteiger partial charge is 0.497 e. The van der Waals surface area contributed by atoms with Gasteiger partial charge in [0.1, 0.15) is 12.4 Å². The number of methoxy groups -OCH3 is 1. The lowest BCUT2D eigenvalue weighted by molar-refractivity contribution is 0.141. The molecule has 0 radical (unpaired) electrons. The molecule has 23 heavy (non-hydrogen) atoms. The van der Waals surface area contributed by atoms with Gasteiger partial charge in [-0.1, -0.05) is 42.5 Å². The minimum atomic E-state index is -0.457. The van der Waals surface area contributed by atoms with E-state index in [1.54, 1.807) is 13.2 Å². The maximum absolute atomic E-state index is 11.6. The summed E-state index contributed by atoms with van der Waals surface area (Å²) in [5, 5.41) is 2.65. The molecule has 0 aliphatic rings. The summed E-state index contributed by atoms with van der Waals surface area (Å²) in [6, 6.07) is 15.0. The number of rotatable bonds is 6. The first-order valence-corrected chi connectivity index (χ1v) is 7.23. The van der Waals surface area contributed by atoms with Crippen LogP contribution < -0.4 is 15.8 Å². The van der Waals surface area contributed by atoms with Crippen molar-refractivity contribution in [1.29, 1.82) is 0 Å². The third-order valence-electron chi connectivity index (χ3n) is 3.17. The summed E-state index contributed by atoms with van der Waals surface area (Å²) in [6.07, 6.45) is 3.19. The summed E-state index contributed by atoms with van der Waals surface area (Å²) in [7, 11) is 1.59. The molecule has 0 aliphatic heterocycles. The summed E-state index contributed by atoms with van der Waals surface area (Å²) in [5.41, 5.74) is 8.34. The SMILES string of the molecule is COc1ccc(C=CCNC(=O)OCc2ccccc2)c(N)c1. The van der Waals surface area contributed by atoms with Crippen molar-refractivity contribution in [1.82, 2.24) is 5.32 Å². The summed E-state index contributed by atoms with van der Waals surface area (Å²) in [4.78, 5) is 11.6. The number of hydrogen-bond acceptors (Lipinski definition) is 4. The molecule has 2 aromatic rings. The summed E-state index contributed by atoms with van der Waals surface area (Å²) >= 11 is 0. The molecule has 0 fully saturated rings. The topological polar surface area (TPSA) is 73.6 Å². The fourth-order valence-corrected chi connectivity index (χ4v) is 1.93. The van der Waals surface area contributed by atoms with Gasteiger partial charge in [0.25, 0.3) is 0 Å². The molecule has 2 aromatic carbocycles. The van der Waals surface area contributed by atoms with E-state index in [1.165, 1.54) is 0 Å². The zero-order chi connectivity index (χ0) is 16.5. The molecule has 0 bridgehead atoms. The Bertz CT molecular complexity index is 669. The molecule has 0 saturated carbocycles. The molecule has 5 nitrogen and oxygen atoms in total. The van der Waals surface area contributed by atoms with Crippen LogP contribution in [0.4, 0.5) is 10.5 Å². The zero-order valence-corrected chi connectivity index (χ0v) is 13.0. The van der Waals surface area contributed by atoms with Gasteiger partial charge in [-0.2, -0.15) is 0 Å². The number of amides is 1. The van der Waals surface area contributed by atoms with Crippen molar-refractivity contribution >= 4 is 17.9 Å². The Balaban J connectivity index is 1.74. The van der Waals surface area contributed by atoms with E-state index in [9.17, 15) is 4.79 Å². The van der Waals surface area contributed by atoms with E-state index in [2.05, 4.69) is 5.32 Å². The van der Waals surface area contributed by atoms with Crippen LogP contribution in [0, 0.1) is 0 Å². The van der Waals surface area contributed by atoms with Gasteiger partial charge in [-0.3, -0.25) is 0 Å². The van der Waals surface area contributed by atoms with Crippen LogP contribution >= 0.6 is 0 Å². The van der Waals surface area contributed by atoms with Crippen molar-refractivity contribution in [2.75, 3.05) is 19.4 Å². The van der Waals surface area contributed by atoms with Crippen molar-refractivity contribution in [2.24, 2.45) is 0 Å². The molecular weight excluding hydrogens is 292 g/mol. The third kappa shape index (κ3) is 5.39. The summed E-state index contributed by atoms with van der Waals surface area (Å²) < 4.78 is 10.2. The highest BCUT2D eigenvalue weighted by atomic mass is 16.5. The number of anilines is 1. The van der Waals surface area contributed by atoms with Gasteiger partial charge in [-0.05, 0) is 23.3 Å². The Morgan fingerprint density at radius 1 is 1.22 bits per heavy atom. The third-order valence-corrected chi connectivity index (χ3v) is 3.17. The Morgan fingerprint density at radius 2 is 2.00 bits per heavy atom. The van der Waals surface area contributed by atoms with Gasteiger partial charge in [0.05, 0.1) is 7.11 Å². The first-order chi connectivity index (χ1) is 11.2. The van der Waals surface area contributed by atoms with Crippen molar-refractivity contribution in [3.63, 3.8) is 0 Å². The molecule has 0 heterocycles. The van der Waals surface area contributed by atoms with Gasteiger partial charge in [-0.25, -0.2) is 4.79 Å². The first kappa shape index (κ1) is 16.4. The normalized spacial score (nSPS) is 10.5. The van der Waals surface area contributed by atoms with Crippen molar-refractivity contribution in [3.05, 3.63) is 65.7 Å². The average Bonchev–Trinajstić information content (AvgIpc) is 2.58. The Hall–Kier alpha value is -2.95. The Labute approximate surface area is 135 Å². The van der Waals surface area contributed by atoms with Gasteiger partial charge in [-0.15, -0.1) is 0 Å². The Kier molecular flexibility index (Phi) is 6.06. The predicted molar refractivity (Wildman–Crippen MR) is 91.1 cm³/mol. The second-order valence-corrected chi connectivity index (χ2v) is 4.84. The monoisotopic (exact) mass is 312 g/mol. The number of ether oxygens (including phenoxy) is 2. The minimum absolute atomic E-state index is 0.252. The van der Waals surface area contributed by atoms with Crippen molar-refractivity contribution in [2.45, 2.75) is 6.61 Å². The number of carbonyl (C=O) groups excluding carboxylic acids is 1. The van der Waals surface area contributed by atoms with Crippen molar-refractivity contribution < 1.29 is 14.3 Å². The molecule has 0 atom stereocenters. The van der Waals surface area contributed by atoms with Crippen LogP contribution in [0.1, 0.15) is 11.1 Å². The first-order valence-electron chi connectivity index (χ1n) is 7.23. The number of carbonyl (C=O) groups is 1. The molecule has 5 heteroatoms. The highest BCUT2D eigenvalue weighted by Gasteiger charge is 2.01. The van der Waals surface area contributed by atoms with Gasteiger partial charge >= 0.3 is 6.09 Å². The molecule has 0 saturated heterocycles. The second-order valence-electron chi connectivity index (χ2n) is 4.84. The molecular formula is C18H20N2O3. The van der Waals surface area contributed by atoms with E-state index in [0.29, 0.717) is 18.0 Å². The second kappa shape index (κ2) is 8.48. The van der Waals surface area contributed by atoms with Crippen LogP contribution in [0.5, 0.6) is 5.75 Å². The van der Waals surface area contributed by atoms with Crippen LogP contribution in [0.25, 0.3) is 6.08 Å². The minimum Gasteiger partial charge on any atom is -0.497 e. The molecule has 0 unspecified atom stereocenters. The van der Waals surface area contributed by atoms with E-state index < -0.39 is 6.09 Å². The summed E-state index contributed by atoms with van der Waals surface area (Å²) in [6.45, 7) is 0.612. The van der Waals surface area contributed by atoms with E-state index >= 15 is 0 Å². The molecule has 0 aromatic heterocycles. The van der Waals surface area contributed by atoms with Gasteiger partial charge in [0.15, 0.2) is 0 Å². The lowest BCUT2D eigenvalue weighted by atomic mass is 10.1. The van der Waals surface area contributed by atoms with Gasteiger partial charge < -0.3 is 20.5 Å². The molecule has 2 rings (SSSR count). The molecule has 0 aliphatic carbocycles. The number of nitrogens with one attached hydrogen (secondary N) is 1. The molecule has 0 spiro atoms. The van der Waals surface area contributed by atoms with Crippen LogP contribution in [0.15, 0.2) is 54.6 Å². The maximum Gasteiger partial charge on any atom is 0.407 e. The maximum atomic E-state index is 11.6. The van der Waals surface area contributed by atoms with E-state index in [0.717, 1.165) is 11.1 Å². The van der Waals surface area contributed by atoms with Gasteiger partial charge in [0.2, 0.25) is 0 Å². The number of alkyl carbamates (subject to hydrolysis) is 1. The van der Waals surface area contributed by atoms with Crippen molar-refractivity contribution in [3.8, 4) is 5.75 Å². The number of hydrogen-bond donors (Lipinski definition) is 2. The lowest BCUT2D eigenvalue weighted by Crippen LogP contribution is -2.24. The standard InChI is InChI=1S/C18H20N2O3/c1-22-16-10-9-15(17(19)12-16)8-5-11-20-18(21)23-13-14-6-3-2-4-7-14/h2-10,12H,11,13,19H2,1H3,(H,20,21). The van der Waals surface area contributed by atoms with E-state index in [1.807, 2.05) is 54.6 Å². The number of nitrogen functional groups attached to an aromatic ring is 1. The summed E-state index contributed by atoms with van der Waals surface area (Å²) in [5.74, 6) is 0.710. The molecule has 1 amide bonds. The fourth-order valence-electron chi connectivity index (χ4n) is 1.93. The van der Waals surface area contributed by atoms with Crippen LogP contribution in [0.2, 0.25) is 0 Å². The fraction of sp³-hybridized carbons (Fsp3) is 0.167. The number of benzene rings is 2. The van der Waals surface area contributed by atoms with E-state index in [-0.39, 0.29) is 6.61 Å². The van der Waals surface area contributed by atoms with Crippen LogP contribution in [0.3, 0.4) is 0 Å². The van der Waals surface area contributed by atoms with Crippen LogP contribution in [-0.2, 0) is 11.3 Å². The zero-order valence-electron chi connectivity index (χ0n) is 13.0. The molecule has 120 valence electrons. The van der Waals surface area contributed by atoms with E-state index in [4.69, 9.17) is 15.2 Å². The quantitative estimate of drug-likeness (QED) is 0.803. The Morgan fingerprint density at radius 3 is 2.70 bits per heavy atom. The average molecular weight is 312 g/mol.